The zero-order chi connectivity index (χ0) is 31.8. The van der Waals surface area contributed by atoms with Gasteiger partial charge in [0.15, 0.2) is 0 Å². The van der Waals surface area contributed by atoms with Gasteiger partial charge in [0.2, 0.25) is 0 Å². The highest BCUT2D eigenvalue weighted by atomic mass is 15.2. The van der Waals surface area contributed by atoms with Gasteiger partial charge >= 0.3 is 0 Å². The number of imidazole rings is 1. The molecule has 0 aliphatic rings. The molecule has 0 spiro atoms. The van der Waals surface area contributed by atoms with E-state index in [0.29, 0.717) is 5.92 Å². The first kappa shape index (κ1) is 37.1. The molecule has 0 aliphatic carbocycles. The van der Waals surface area contributed by atoms with E-state index < -0.39 is 0 Å². The van der Waals surface area contributed by atoms with E-state index in [1.54, 1.807) is 0 Å². The minimum absolute atomic E-state index is 0.517. The molecular weight excluding hydrogens is 544 g/mol. The quantitative estimate of drug-likeness (QED) is 0.0597. The van der Waals surface area contributed by atoms with E-state index in [-0.39, 0.29) is 0 Å². The van der Waals surface area contributed by atoms with Crippen molar-refractivity contribution in [1.29, 1.82) is 0 Å². The number of aryl methyl sites for hydroxylation is 1. The highest BCUT2D eigenvalue weighted by Crippen LogP contribution is 2.21. The molecule has 250 valence electrons. The number of hydrogen-bond donors (Lipinski definition) is 0. The van der Waals surface area contributed by atoms with Gasteiger partial charge in [0.1, 0.15) is 11.9 Å². The summed E-state index contributed by atoms with van der Waals surface area (Å²) in [7, 11) is 0. The lowest BCUT2D eigenvalue weighted by Gasteiger charge is -2.12. The lowest BCUT2D eigenvalue weighted by atomic mass is 9.96. The lowest BCUT2D eigenvalue weighted by molar-refractivity contribution is -0.710. The molecule has 1 unspecified atom stereocenters. The predicted octanol–water partition coefficient (Wildman–Crippen LogP) is 12.6. The van der Waals surface area contributed by atoms with Gasteiger partial charge < -0.3 is 0 Å². The van der Waals surface area contributed by atoms with E-state index >= 15 is 0 Å². The maximum absolute atomic E-state index is 2.74. The molecule has 45 heavy (non-hydrogen) atoms. The van der Waals surface area contributed by atoms with Crippen molar-refractivity contribution >= 4 is 0 Å². The van der Waals surface area contributed by atoms with Gasteiger partial charge in [-0.2, -0.15) is 0 Å². The maximum Gasteiger partial charge on any atom is 0.261 e. The Kier molecular flexibility index (Phi) is 19.7. The van der Waals surface area contributed by atoms with Crippen LogP contribution in [0.15, 0.2) is 66.9 Å². The normalized spacial score (nSPS) is 12.2. The van der Waals surface area contributed by atoms with Crippen LogP contribution in [0.25, 0.3) is 0 Å². The largest absolute Gasteiger partial charge is 0.261 e. The second-order valence-electron chi connectivity index (χ2n) is 13.9. The van der Waals surface area contributed by atoms with Crippen LogP contribution in [0.1, 0.15) is 178 Å². The van der Waals surface area contributed by atoms with Crippen LogP contribution in [0, 0.1) is 0 Å². The molecule has 2 nitrogen and oxygen atoms in total. The van der Waals surface area contributed by atoms with Gasteiger partial charge in [-0.3, -0.25) is 0 Å². The van der Waals surface area contributed by atoms with E-state index in [1.165, 1.54) is 151 Å². The van der Waals surface area contributed by atoms with Crippen LogP contribution in [0.3, 0.4) is 0 Å². The van der Waals surface area contributed by atoms with E-state index in [4.69, 9.17) is 0 Å². The molecule has 0 amide bonds. The third-order valence-electron chi connectivity index (χ3n) is 9.87. The number of hydrogen-bond acceptors (Lipinski definition) is 0. The van der Waals surface area contributed by atoms with Gasteiger partial charge in [0.05, 0.1) is 19.5 Å². The van der Waals surface area contributed by atoms with Gasteiger partial charge in [-0.25, -0.2) is 9.13 Å². The molecule has 1 aromatic heterocycles. The molecule has 0 radical (unpaired) electrons. The van der Waals surface area contributed by atoms with Crippen molar-refractivity contribution in [2.75, 3.05) is 0 Å². The molecule has 0 saturated heterocycles. The first-order chi connectivity index (χ1) is 22.2. The molecule has 0 bridgehead atoms. The Morgan fingerprint density at radius 1 is 0.556 bits per heavy atom. The maximum atomic E-state index is 2.74. The summed E-state index contributed by atoms with van der Waals surface area (Å²) in [6, 6.07) is 22.3. The molecule has 3 aromatic rings. The van der Waals surface area contributed by atoms with Crippen LogP contribution in [-0.4, -0.2) is 4.57 Å². The molecule has 2 aromatic carbocycles. The Morgan fingerprint density at radius 3 is 1.56 bits per heavy atom. The fraction of sp³-hybridized carbons (Fsp3) is 0.651. The van der Waals surface area contributed by atoms with Crippen molar-refractivity contribution in [3.63, 3.8) is 0 Å². The van der Waals surface area contributed by atoms with Crippen LogP contribution in [0.2, 0.25) is 0 Å². The minimum Gasteiger partial charge on any atom is -0.234 e. The number of rotatable bonds is 27. The van der Waals surface area contributed by atoms with Gasteiger partial charge in [0.25, 0.3) is 5.82 Å². The average Bonchev–Trinajstić information content (AvgIpc) is 3.38. The van der Waals surface area contributed by atoms with E-state index in [1.807, 2.05) is 0 Å². The topological polar surface area (TPSA) is 8.81 Å². The Hall–Kier alpha value is -2.35. The monoisotopic (exact) mass is 614 g/mol. The Morgan fingerprint density at radius 2 is 1.02 bits per heavy atom. The molecular formula is C43H69N2+. The van der Waals surface area contributed by atoms with Crippen molar-refractivity contribution < 1.29 is 4.57 Å². The predicted molar refractivity (Wildman–Crippen MR) is 196 cm³/mol. The Labute approximate surface area is 279 Å². The molecule has 1 atom stereocenters. The highest BCUT2D eigenvalue weighted by molar-refractivity contribution is 5.21. The molecule has 0 N–H and O–H groups in total. The van der Waals surface area contributed by atoms with Crippen LogP contribution >= 0.6 is 0 Å². The molecule has 0 aliphatic heterocycles. The van der Waals surface area contributed by atoms with Crippen LogP contribution in [0.5, 0.6) is 0 Å². The first-order valence-corrected chi connectivity index (χ1v) is 19.4. The van der Waals surface area contributed by atoms with Gasteiger partial charge in [-0.15, -0.1) is 0 Å². The summed E-state index contributed by atoms with van der Waals surface area (Å²) < 4.78 is 5.38. The van der Waals surface area contributed by atoms with Gasteiger partial charge in [-0.1, -0.05) is 184 Å². The van der Waals surface area contributed by atoms with E-state index in [2.05, 4.69) is 96.8 Å². The van der Waals surface area contributed by atoms with E-state index in [0.717, 1.165) is 25.9 Å². The van der Waals surface area contributed by atoms with Crippen LogP contribution in [-0.2, 0) is 25.9 Å². The number of nitrogens with zero attached hydrogens (tertiary/aromatic N) is 2. The van der Waals surface area contributed by atoms with Crippen molar-refractivity contribution in [3.05, 3.63) is 89.5 Å². The summed E-state index contributed by atoms with van der Waals surface area (Å²) in [4.78, 5) is 0. The summed E-state index contributed by atoms with van der Waals surface area (Å²) in [5.41, 5.74) is 4.41. The fourth-order valence-electron chi connectivity index (χ4n) is 6.99. The summed E-state index contributed by atoms with van der Waals surface area (Å²) in [6.45, 7) is 9.33. The van der Waals surface area contributed by atoms with Gasteiger partial charge in [0, 0.05) is 6.42 Å². The van der Waals surface area contributed by atoms with Crippen LogP contribution in [0.4, 0.5) is 0 Å². The SMILES string of the molecule is CCCCCCCCCCCCCCCC[n+]1c(CC(C)c2ccccc2)cn(CCCCCCCC)c1Cc1ccccc1. The summed E-state index contributed by atoms with van der Waals surface area (Å²) in [5, 5.41) is 0. The second kappa shape index (κ2) is 23.9. The van der Waals surface area contributed by atoms with Gasteiger partial charge in [-0.05, 0) is 42.7 Å². The number of aromatic nitrogens is 2. The van der Waals surface area contributed by atoms with Crippen molar-refractivity contribution in [2.45, 2.75) is 181 Å². The van der Waals surface area contributed by atoms with Crippen molar-refractivity contribution in [2.24, 2.45) is 0 Å². The summed E-state index contributed by atoms with van der Waals surface area (Å²) >= 11 is 0. The fourth-order valence-corrected chi connectivity index (χ4v) is 6.99. The Balaban J connectivity index is 1.58. The molecule has 3 rings (SSSR count). The average molecular weight is 614 g/mol. The standard InChI is InChI=1S/C43H69N2/c1-4-6-8-10-12-13-14-15-16-17-18-19-21-29-35-45-42(36-39(3)41-32-26-23-27-33-41)38-44(34-28-20-11-9-7-5-2)43(45)37-40-30-24-22-25-31-40/h22-27,30-33,38-39H,4-21,28-29,34-37H2,1-3H3/q+1. The third-order valence-corrected chi connectivity index (χ3v) is 9.87. The molecule has 1 heterocycles. The second-order valence-corrected chi connectivity index (χ2v) is 13.9. The summed E-state index contributed by atoms with van der Waals surface area (Å²) in [6.07, 6.45) is 32.5. The third kappa shape index (κ3) is 15.2. The zero-order valence-corrected chi connectivity index (χ0v) is 29.8. The smallest absolute Gasteiger partial charge is 0.234 e. The highest BCUT2D eigenvalue weighted by Gasteiger charge is 2.25. The number of benzene rings is 2. The minimum atomic E-state index is 0.517. The zero-order valence-electron chi connectivity index (χ0n) is 29.8. The lowest BCUT2D eigenvalue weighted by Crippen LogP contribution is -2.41. The molecule has 2 heteroatoms. The Bertz CT molecular complexity index is 1100. The first-order valence-electron chi connectivity index (χ1n) is 19.4. The van der Waals surface area contributed by atoms with E-state index in [9.17, 15) is 0 Å². The molecule has 0 saturated carbocycles. The number of unbranched alkanes of at least 4 members (excludes halogenated alkanes) is 18. The summed E-state index contributed by atoms with van der Waals surface area (Å²) in [5.74, 6) is 2.03. The van der Waals surface area contributed by atoms with Crippen molar-refractivity contribution in [1.82, 2.24) is 4.57 Å². The molecule has 0 fully saturated rings. The van der Waals surface area contributed by atoms with Crippen LogP contribution < -0.4 is 4.57 Å². The van der Waals surface area contributed by atoms with Crippen molar-refractivity contribution in [3.8, 4) is 0 Å².